The number of amidine groups is 1. The summed E-state index contributed by atoms with van der Waals surface area (Å²) in [4.78, 5) is 13.5. The molecule has 7 heteroatoms. The Bertz CT molecular complexity index is 711. The third-order valence-electron chi connectivity index (χ3n) is 2.98. The van der Waals surface area contributed by atoms with Crippen molar-refractivity contribution in [3.05, 3.63) is 59.8 Å². The molecule has 0 atom stereocenters. The van der Waals surface area contributed by atoms with E-state index in [4.69, 9.17) is 4.42 Å². The van der Waals surface area contributed by atoms with E-state index in [0.717, 1.165) is 5.56 Å². The molecule has 0 unspecified atom stereocenters. The number of hydrogen-bond donors (Lipinski definition) is 0. The molecule has 0 spiro atoms. The molecule has 2 aromatic rings. The van der Waals surface area contributed by atoms with Gasteiger partial charge >= 0.3 is 0 Å². The number of amides is 1. The van der Waals surface area contributed by atoms with Crippen molar-refractivity contribution in [1.29, 1.82) is 0 Å². The standard InChI is InChI=1S/C15H12FN3O2S/c16-12-5-3-11(4-6-12)9-19-14(20)10-22-15(19)18-17-8-13-2-1-7-21-13/h1-8H,9-10H2/b17-8+,18-15-. The molecule has 0 aliphatic carbocycles. The lowest BCUT2D eigenvalue weighted by atomic mass is 10.2. The minimum Gasteiger partial charge on any atom is -0.463 e. The Labute approximate surface area is 130 Å². The van der Waals surface area contributed by atoms with Crippen LogP contribution < -0.4 is 0 Å². The van der Waals surface area contributed by atoms with E-state index < -0.39 is 0 Å². The maximum atomic E-state index is 12.9. The van der Waals surface area contributed by atoms with E-state index >= 15 is 0 Å². The average molecular weight is 317 g/mol. The van der Waals surface area contributed by atoms with Crippen LogP contribution in [-0.2, 0) is 11.3 Å². The summed E-state index contributed by atoms with van der Waals surface area (Å²) >= 11 is 1.33. The van der Waals surface area contributed by atoms with Crippen molar-refractivity contribution in [2.45, 2.75) is 6.54 Å². The van der Waals surface area contributed by atoms with Gasteiger partial charge in [0.05, 0.1) is 24.8 Å². The summed E-state index contributed by atoms with van der Waals surface area (Å²) in [6, 6.07) is 9.55. The predicted octanol–water partition coefficient (Wildman–Crippen LogP) is 2.88. The van der Waals surface area contributed by atoms with Crippen LogP contribution in [-0.4, -0.2) is 27.9 Å². The van der Waals surface area contributed by atoms with Gasteiger partial charge in [-0.05, 0) is 29.8 Å². The van der Waals surface area contributed by atoms with Crippen molar-refractivity contribution < 1.29 is 13.6 Å². The molecule has 22 heavy (non-hydrogen) atoms. The molecular weight excluding hydrogens is 305 g/mol. The quantitative estimate of drug-likeness (QED) is 0.643. The minimum absolute atomic E-state index is 0.0405. The summed E-state index contributed by atoms with van der Waals surface area (Å²) in [6.45, 7) is 0.348. The maximum absolute atomic E-state index is 12.9. The van der Waals surface area contributed by atoms with Crippen LogP contribution in [0.15, 0.2) is 57.3 Å². The highest BCUT2D eigenvalue weighted by molar-refractivity contribution is 8.15. The van der Waals surface area contributed by atoms with Gasteiger partial charge in [-0.1, -0.05) is 23.9 Å². The Balaban J connectivity index is 1.73. The Hall–Kier alpha value is -2.41. The summed E-state index contributed by atoms with van der Waals surface area (Å²) < 4.78 is 18.0. The Morgan fingerprint density at radius 1 is 1.32 bits per heavy atom. The molecule has 3 rings (SSSR count). The fraction of sp³-hybridized carbons (Fsp3) is 0.133. The minimum atomic E-state index is -0.303. The monoisotopic (exact) mass is 317 g/mol. The van der Waals surface area contributed by atoms with Crippen LogP contribution in [0.2, 0.25) is 0 Å². The number of carbonyl (C=O) groups excluding carboxylic acids is 1. The Kier molecular flexibility index (Phi) is 4.34. The van der Waals surface area contributed by atoms with E-state index in [2.05, 4.69) is 10.2 Å². The first-order chi connectivity index (χ1) is 10.7. The van der Waals surface area contributed by atoms with Gasteiger partial charge in [0.15, 0.2) is 5.17 Å². The molecule has 1 saturated heterocycles. The highest BCUT2D eigenvalue weighted by Crippen LogP contribution is 2.22. The average Bonchev–Trinajstić information content (AvgIpc) is 3.14. The molecule has 5 nitrogen and oxygen atoms in total. The van der Waals surface area contributed by atoms with Crippen molar-refractivity contribution in [3.63, 3.8) is 0 Å². The fourth-order valence-electron chi connectivity index (χ4n) is 1.90. The molecule has 1 aromatic heterocycles. The second kappa shape index (κ2) is 6.57. The number of nitrogens with zero attached hydrogens (tertiary/aromatic N) is 3. The summed E-state index contributed by atoms with van der Waals surface area (Å²) in [5.74, 6) is 0.573. The van der Waals surface area contributed by atoms with Crippen LogP contribution in [0, 0.1) is 5.82 Å². The smallest absolute Gasteiger partial charge is 0.239 e. The second-order valence-corrected chi connectivity index (χ2v) is 5.48. The molecular formula is C15H12FN3O2S. The Morgan fingerprint density at radius 3 is 2.86 bits per heavy atom. The fourth-order valence-corrected chi connectivity index (χ4v) is 2.74. The molecule has 0 N–H and O–H groups in total. The number of hydrogen-bond acceptors (Lipinski definition) is 5. The largest absolute Gasteiger partial charge is 0.463 e. The van der Waals surface area contributed by atoms with E-state index in [1.165, 1.54) is 35.0 Å². The molecule has 1 fully saturated rings. The van der Waals surface area contributed by atoms with Gasteiger partial charge in [0.1, 0.15) is 11.6 Å². The van der Waals surface area contributed by atoms with Gasteiger partial charge in [0.2, 0.25) is 5.91 Å². The van der Waals surface area contributed by atoms with E-state index in [-0.39, 0.29) is 11.7 Å². The summed E-state index contributed by atoms with van der Waals surface area (Å²) in [5, 5.41) is 8.52. The van der Waals surface area contributed by atoms with Gasteiger partial charge in [-0.25, -0.2) is 4.39 Å². The van der Waals surface area contributed by atoms with Crippen molar-refractivity contribution in [2.75, 3.05) is 5.75 Å². The molecule has 1 aliphatic rings. The number of carbonyl (C=O) groups is 1. The second-order valence-electron chi connectivity index (χ2n) is 4.54. The van der Waals surface area contributed by atoms with E-state index in [9.17, 15) is 9.18 Å². The van der Waals surface area contributed by atoms with Crippen molar-refractivity contribution >= 4 is 29.1 Å². The van der Waals surface area contributed by atoms with Crippen molar-refractivity contribution in [3.8, 4) is 0 Å². The van der Waals surface area contributed by atoms with E-state index in [1.54, 1.807) is 30.5 Å². The van der Waals surface area contributed by atoms with Gasteiger partial charge in [0.25, 0.3) is 0 Å². The van der Waals surface area contributed by atoms with Gasteiger partial charge in [-0.3, -0.25) is 9.69 Å². The predicted molar refractivity (Wildman–Crippen MR) is 83.1 cm³/mol. The van der Waals surface area contributed by atoms with Crippen LogP contribution in [0.25, 0.3) is 0 Å². The lowest BCUT2D eigenvalue weighted by Gasteiger charge is -2.14. The van der Waals surface area contributed by atoms with Crippen LogP contribution in [0.1, 0.15) is 11.3 Å². The summed E-state index contributed by atoms with van der Waals surface area (Å²) in [5.41, 5.74) is 0.833. The van der Waals surface area contributed by atoms with Gasteiger partial charge in [-0.2, -0.15) is 5.10 Å². The molecule has 2 heterocycles. The first-order valence-electron chi connectivity index (χ1n) is 6.54. The molecule has 112 valence electrons. The lowest BCUT2D eigenvalue weighted by molar-refractivity contribution is -0.124. The summed E-state index contributed by atoms with van der Waals surface area (Å²) in [6.07, 6.45) is 3.02. The van der Waals surface area contributed by atoms with Crippen LogP contribution >= 0.6 is 11.8 Å². The molecule has 0 bridgehead atoms. The molecule has 0 saturated carbocycles. The molecule has 1 amide bonds. The van der Waals surface area contributed by atoms with Gasteiger partial charge < -0.3 is 4.42 Å². The highest BCUT2D eigenvalue weighted by atomic mass is 32.2. The zero-order valence-corrected chi connectivity index (χ0v) is 12.3. The normalized spacial score (nSPS) is 17.0. The molecule has 1 aromatic carbocycles. The number of furan rings is 1. The number of thioether (sulfide) groups is 1. The van der Waals surface area contributed by atoms with Crippen LogP contribution in [0.4, 0.5) is 4.39 Å². The zero-order chi connectivity index (χ0) is 15.4. The summed E-state index contributed by atoms with van der Waals surface area (Å²) in [7, 11) is 0. The van der Waals surface area contributed by atoms with E-state index in [0.29, 0.717) is 23.2 Å². The number of rotatable bonds is 4. The molecule has 1 aliphatic heterocycles. The van der Waals surface area contributed by atoms with Gasteiger partial charge in [0, 0.05) is 0 Å². The SMILES string of the molecule is O=C1CS/C(=N\N=C\c2ccco2)N1Cc1ccc(F)cc1. The molecule has 0 radical (unpaired) electrons. The van der Waals surface area contributed by atoms with E-state index in [1.807, 2.05) is 0 Å². The number of halogens is 1. The topological polar surface area (TPSA) is 58.2 Å². The van der Waals surface area contributed by atoms with Crippen molar-refractivity contribution in [1.82, 2.24) is 4.90 Å². The van der Waals surface area contributed by atoms with Crippen LogP contribution in [0.3, 0.4) is 0 Å². The van der Waals surface area contributed by atoms with Gasteiger partial charge in [-0.15, -0.1) is 5.10 Å². The third-order valence-corrected chi connectivity index (χ3v) is 3.93. The Morgan fingerprint density at radius 2 is 2.14 bits per heavy atom. The first kappa shape index (κ1) is 14.5. The zero-order valence-electron chi connectivity index (χ0n) is 11.5. The first-order valence-corrected chi connectivity index (χ1v) is 7.53. The number of benzene rings is 1. The maximum Gasteiger partial charge on any atom is 0.239 e. The van der Waals surface area contributed by atoms with Crippen LogP contribution in [0.5, 0.6) is 0 Å². The highest BCUT2D eigenvalue weighted by Gasteiger charge is 2.28. The lowest BCUT2D eigenvalue weighted by Crippen LogP contribution is -2.28. The third kappa shape index (κ3) is 3.43. The van der Waals surface area contributed by atoms with Crippen molar-refractivity contribution in [2.24, 2.45) is 10.2 Å².